The second-order valence-electron chi connectivity index (χ2n) is 3.32. The third-order valence-electron chi connectivity index (χ3n) is 2.17. The maximum atomic E-state index is 11.4. The molecule has 4 heteroatoms. The first kappa shape index (κ1) is 8.72. The fourth-order valence-corrected chi connectivity index (χ4v) is 2.27. The number of hydrogen-bond acceptors (Lipinski definition) is 3. The quantitative estimate of drug-likeness (QED) is 0.760. The van der Waals surface area contributed by atoms with Crippen LogP contribution in [0.1, 0.15) is 11.3 Å². The Morgan fingerprint density at radius 3 is 3.08 bits per heavy atom. The van der Waals surface area contributed by atoms with Gasteiger partial charge in [0.25, 0.3) is 0 Å². The Morgan fingerprint density at radius 1 is 1.69 bits per heavy atom. The lowest BCUT2D eigenvalue weighted by atomic mass is 10.3. The van der Waals surface area contributed by atoms with Crippen LogP contribution >= 0.6 is 11.3 Å². The molecule has 1 aliphatic rings. The molecule has 0 aromatic carbocycles. The summed E-state index contributed by atoms with van der Waals surface area (Å²) in [7, 11) is 0. The minimum Gasteiger partial charge on any atom is -0.336 e. The summed E-state index contributed by atoms with van der Waals surface area (Å²) in [6.45, 7) is 1.43. The van der Waals surface area contributed by atoms with Gasteiger partial charge in [-0.15, -0.1) is 11.3 Å². The van der Waals surface area contributed by atoms with Crippen molar-refractivity contribution in [1.82, 2.24) is 4.90 Å². The Labute approximate surface area is 81.2 Å². The molecule has 0 bridgehead atoms. The summed E-state index contributed by atoms with van der Waals surface area (Å²) < 4.78 is 0. The molecule has 0 unspecified atom stereocenters. The van der Waals surface area contributed by atoms with Crippen LogP contribution in [-0.2, 0) is 11.3 Å². The summed E-state index contributed by atoms with van der Waals surface area (Å²) in [5.74, 6) is 0.181. The molecule has 70 valence electrons. The molecule has 1 saturated heterocycles. The van der Waals surface area contributed by atoms with Gasteiger partial charge in [0.1, 0.15) is 0 Å². The molecule has 0 radical (unpaired) electrons. The average Bonchev–Trinajstić information content (AvgIpc) is 2.63. The van der Waals surface area contributed by atoms with E-state index < -0.39 is 0 Å². The van der Waals surface area contributed by atoms with Crippen molar-refractivity contribution in [2.24, 2.45) is 5.73 Å². The van der Waals surface area contributed by atoms with Gasteiger partial charge in [-0.2, -0.15) is 0 Å². The van der Waals surface area contributed by atoms with Crippen molar-refractivity contribution in [2.75, 3.05) is 6.54 Å². The predicted octanol–water partition coefficient (Wildman–Crippen LogP) is 0.808. The highest BCUT2D eigenvalue weighted by Crippen LogP contribution is 2.16. The van der Waals surface area contributed by atoms with E-state index in [2.05, 4.69) is 0 Å². The summed E-state index contributed by atoms with van der Waals surface area (Å²) in [5, 5.41) is 2.02. The molecule has 1 fully saturated rings. The van der Waals surface area contributed by atoms with Gasteiger partial charge in [-0.1, -0.05) is 6.07 Å². The topological polar surface area (TPSA) is 46.3 Å². The van der Waals surface area contributed by atoms with Crippen molar-refractivity contribution < 1.29 is 4.79 Å². The van der Waals surface area contributed by atoms with E-state index in [0.717, 1.165) is 6.54 Å². The van der Waals surface area contributed by atoms with Crippen molar-refractivity contribution in [1.29, 1.82) is 0 Å². The Bertz CT molecular complexity index is 297. The van der Waals surface area contributed by atoms with Gasteiger partial charge in [0.15, 0.2) is 0 Å². The van der Waals surface area contributed by atoms with Crippen LogP contribution in [-0.4, -0.2) is 23.4 Å². The Hall–Kier alpha value is -0.870. The fraction of sp³-hybridized carbons (Fsp3) is 0.444. The van der Waals surface area contributed by atoms with E-state index in [1.54, 1.807) is 11.3 Å². The largest absolute Gasteiger partial charge is 0.336 e. The maximum absolute atomic E-state index is 11.4. The standard InChI is InChI=1S/C9H12N2OS/c10-7-4-9(12)11(5-7)6-8-2-1-3-13-8/h1-3,7H,4-6,10H2/t7-/m1/s1. The average molecular weight is 196 g/mol. The van der Waals surface area contributed by atoms with Crippen LogP contribution in [0.15, 0.2) is 17.5 Å². The van der Waals surface area contributed by atoms with Gasteiger partial charge < -0.3 is 10.6 Å². The number of carbonyl (C=O) groups is 1. The highest BCUT2D eigenvalue weighted by molar-refractivity contribution is 7.09. The zero-order valence-electron chi connectivity index (χ0n) is 7.27. The van der Waals surface area contributed by atoms with Crippen LogP contribution in [0.2, 0.25) is 0 Å². The normalized spacial score (nSPS) is 22.7. The lowest BCUT2D eigenvalue weighted by molar-refractivity contribution is -0.128. The number of carbonyl (C=O) groups excluding carboxylic acids is 1. The molecule has 3 nitrogen and oxygen atoms in total. The first-order valence-corrected chi connectivity index (χ1v) is 5.19. The molecular formula is C9H12N2OS. The summed E-state index contributed by atoms with van der Waals surface area (Å²) in [5.41, 5.74) is 5.69. The maximum Gasteiger partial charge on any atom is 0.224 e. The summed E-state index contributed by atoms with van der Waals surface area (Å²) >= 11 is 1.68. The number of likely N-dealkylation sites (tertiary alicyclic amines) is 1. The molecule has 2 rings (SSSR count). The molecule has 2 N–H and O–H groups in total. The van der Waals surface area contributed by atoms with E-state index >= 15 is 0 Å². The summed E-state index contributed by atoms with van der Waals surface area (Å²) in [6, 6.07) is 4.08. The lowest BCUT2D eigenvalue weighted by Crippen LogP contribution is -2.27. The number of nitrogens with zero attached hydrogens (tertiary/aromatic N) is 1. The van der Waals surface area contributed by atoms with Gasteiger partial charge in [0.2, 0.25) is 5.91 Å². The lowest BCUT2D eigenvalue weighted by Gasteiger charge is -2.14. The minimum absolute atomic E-state index is 0.0347. The molecule has 1 amide bonds. The predicted molar refractivity (Wildman–Crippen MR) is 52.3 cm³/mol. The van der Waals surface area contributed by atoms with Gasteiger partial charge in [0, 0.05) is 23.9 Å². The second-order valence-corrected chi connectivity index (χ2v) is 4.35. The number of rotatable bonds is 2. The molecule has 1 aromatic rings. The third kappa shape index (κ3) is 1.89. The summed E-state index contributed by atoms with van der Waals surface area (Å²) in [6.07, 6.45) is 0.505. The van der Waals surface area contributed by atoms with Crippen molar-refractivity contribution in [3.8, 4) is 0 Å². The van der Waals surface area contributed by atoms with E-state index in [4.69, 9.17) is 5.73 Å². The Kier molecular flexibility index (Phi) is 2.33. The van der Waals surface area contributed by atoms with E-state index in [1.807, 2.05) is 22.4 Å². The Balaban J connectivity index is 1.99. The number of amides is 1. The van der Waals surface area contributed by atoms with Crippen LogP contribution in [0.25, 0.3) is 0 Å². The Morgan fingerprint density at radius 2 is 2.54 bits per heavy atom. The third-order valence-corrected chi connectivity index (χ3v) is 3.03. The molecule has 2 heterocycles. The van der Waals surface area contributed by atoms with Gasteiger partial charge in [-0.25, -0.2) is 0 Å². The molecule has 0 spiro atoms. The van der Waals surface area contributed by atoms with Crippen LogP contribution in [0.5, 0.6) is 0 Å². The highest BCUT2D eigenvalue weighted by Gasteiger charge is 2.26. The van der Waals surface area contributed by atoms with Crippen molar-refractivity contribution in [3.63, 3.8) is 0 Å². The van der Waals surface area contributed by atoms with Crippen molar-refractivity contribution in [3.05, 3.63) is 22.4 Å². The zero-order chi connectivity index (χ0) is 9.26. The van der Waals surface area contributed by atoms with Gasteiger partial charge in [-0.3, -0.25) is 4.79 Å². The fourth-order valence-electron chi connectivity index (χ4n) is 1.55. The molecule has 13 heavy (non-hydrogen) atoms. The van der Waals surface area contributed by atoms with Gasteiger partial charge in [-0.05, 0) is 11.4 Å². The summed E-state index contributed by atoms with van der Waals surface area (Å²) in [4.78, 5) is 14.4. The van der Waals surface area contributed by atoms with Crippen LogP contribution in [0.4, 0.5) is 0 Å². The molecule has 1 atom stereocenters. The van der Waals surface area contributed by atoms with Crippen LogP contribution < -0.4 is 5.73 Å². The van der Waals surface area contributed by atoms with Crippen molar-refractivity contribution >= 4 is 17.2 Å². The number of nitrogens with two attached hydrogens (primary N) is 1. The van der Waals surface area contributed by atoms with E-state index in [9.17, 15) is 4.79 Å². The first-order valence-electron chi connectivity index (χ1n) is 4.31. The van der Waals surface area contributed by atoms with E-state index in [-0.39, 0.29) is 11.9 Å². The van der Waals surface area contributed by atoms with Gasteiger partial charge >= 0.3 is 0 Å². The molecule has 1 aliphatic heterocycles. The van der Waals surface area contributed by atoms with E-state index in [1.165, 1.54) is 4.88 Å². The SMILES string of the molecule is N[C@@H]1CC(=O)N(Cc2cccs2)C1. The second kappa shape index (κ2) is 3.47. The monoisotopic (exact) mass is 196 g/mol. The molecule has 1 aromatic heterocycles. The molecular weight excluding hydrogens is 184 g/mol. The van der Waals surface area contributed by atoms with Gasteiger partial charge in [0.05, 0.1) is 6.54 Å². The molecule has 0 aliphatic carbocycles. The van der Waals surface area contributed by atoms with Crippen molar-refractivity contribution in [2.45, 2.75) is 19.0 Å². The minimum atomic E-state index is 0.0347. The number of hydrogen-bond donors (Lipinski definition) is 1. The zero-order valence-corrected chi connectivity index (χ0v) is 8.09. The molecule has 0 saturated carbocycles. The smallest absolute Gasteiger partial charge is 0.224 e. The number of thiophene rings is 1. The van der Waals surface area contributed by atoms with Crippen LogP contribution in [0.3, 0.4) is 0 Å². The van der Waals surface area contributed by atoms with E-state index in [0.29, 0.717) is 13.0 Å². The highest BCUT2D eigenvalue weighted by atomic mass is 32.1. The first-order chi connectivity index (χ1) is 6.25. The van der Waals surface area contributed by atoms with Crippen LogP contribution in [0, 0.1) is 0 Å².